The van der Waals surface area contributed by atoms with Gasteiger partial charge in [-0.05, 0) is 22.0 Å². The Labute approximate surface area is 305 Å². The fourth-order valence-electron chi connectivity index (χ4n) is 2.75. The maximum absolute atomic E-state index is 10.0. The van der Waals surface area contributed by atoms with Crippen molar-refractivity contribution in [1.29, 1.82) is 0 Å². The van der Waals surface area contributed by atoms with Gasteiger partial charge in [-0.25, -0.2) is 0 Å². The predicted octanol–water partition coefficient (Wildman–Crippen LogP) is 0.331. The van der Waals surface area contributed by atoms with E-state index >= 15 is 0 Å². The van der Waals surface area contributed by atoms with Crippen LogP contribution in [0.15, 0.2) is 0 Å². The summed E-state index contributed by atoms with van der Waals surface area (Å²) in [6, 6.07) is 0. The Kier molecular flexibility index (Phi) is 51.9. The molecule has 0 N–H and O–H groups in total. The Bertz CT molecular complexity index is 321. The molecule has 0 spiro atoms. The normalized spacial score (nSPS) is 10.9. The summed E-state index contributed by atoms with van der Waals surface area (Å²) >= 11 is 0. The summed E-state index contributed by atoms with van der Waals surface area (Å²) < 4.78 is 28.9. The Hall–Kier alpha value is 4.14. The quantitative estimate of drug-likeness (QED) is 0.134. The van der Waals surface area contributed by atoms with Crippen LogP contribution >= 0.6 is 16.5 Å². The fourth-order valence-corrected chi connectivity index (χ4v) is 3.31. The van der Waals surface area contributed by atoms with Gasteiger partial charge in [0.25, 0.3) is 0 Å². The molecule has 2 atom stereocenters. The van der Waals surface area contributed by atoms with Crippen molar-refractivity contribution in [2.45, 2.75) is 117 Å². The van der Waals surface area contributed by atoms with E-state index in [0.29, 0.717) is 13.2 Å². The molecule has 0 amide bonds. The Balaban J connectivity index is -0.000000211. The third-order valence-electron chi connectivity index (χ3n) is 4.39. The van der Waals surface area contributed by atoms with Gasteiger partial charge in [-0.3, -0.25) is 0 Å². The molecule has 0 aromatic rings. The minimum absolute atomic E-state index is 0. The van der Waals surface area contributed by atoms with Crippen molar-refractivity contribution >= 4 is 16.5 Å². The minimum Gasteiger partial charge on any atom is -0.566 e. The fraction of sp³-hybridized carbons (Fsp3) is 1.00. The van der Waals surface area contributed by atoms with Gasteiger partial charge >= 0.3 is 154 Å². The van der Waals surface area contributed by atoms with Gasteiger partial charge in [0.2, 0.25) is 0 Å². The van der Waals surface area contributed by atoms with Crippen LogP contribution in [0.5, 0.6) is 0 Å². The SMILES string of the molecule is CCCCCCCCCCO[P+](=O)[O-].CCCCCCCCCCO[P+](=O)[O-].[Cs+].[Cs+]. The van der Waals surface area contributed by atoms with Crippen LogP contribution in [0.1, 0.15) is 117 Å². The molecule has 2 unspecified atom stereocenters. The smallest absolute Gasteiger partial charge is 0.566 e. The Morgan fingerprint density at radius 2 is 0.733 bits per heavy atom. The van der Waals surface area contributed by atoms with E-state index in [2.05, 4.69) is 22.9 Å². The summed E-state index contributed by atoms with van der Waals surface area (Å²) in [6.45, 7) is 5.13. The second kappa shape index (κ2) is 37.7. The van der Waals surface area contributed by atoms with Crippen molar-refractivity contribution in [2.24, 2.45) is 0 Å². The van der Waals surface area contributed by atoms with Crippen LogP contribution in [0.3, 0.4) is 0 Å². The van der Waals surface area contributed by atoms with Gasteiger partial charge in [0.1, 0.15) is 13.2 Å². The van der Waals surface area contributed by atoms with Gasteiger partial charge < -0.3 is 9.79 Å². The molecule has 0 radical (unpaired) electrons. The molecular formula is C20H42Cs2O6P2+2. The average molecular weight is 706 g/mol. The number of hydrogen-bond acceptors (Lipinski definition) is 6. The molecule has 168 valence electrons. The molecule has 6 nitrogen and oxygen atoms in total. The van der Waals surface area contributed by atoms with Crippen LogP contribution in [0, 0.1) is 0 Å². The second-order valence-electron chi connectivity index (χ2n) is 7.06. The number of unbranched alkanes of at least 4 members (excludes halogenated alkanes) is 14. The first-order valence-electron chi connectivity index (χ1n) is 11.1. The van der Waals surface area contributed by atoms with Crippen molar-refractivity contribution in [3.8, 4) is 0 Å². The van der Waals surface area contributed by atoms with Crippen molar-refractivity contribution in [1.82, 2.24) is 0 Å². The van der Waals surface area contributed by atoms with Gasteiger partial charge in [0, 0.05) is 0 Å². The molecule has 0 aliphatic carbocycles. The van der Waals surface area contributed by atoms with Crippen LogP contribution in [0.2, 0.25) is 0 Å². The third-order valence-corrected chi connectivity index (χ3v) is 5.18. The van der Waals surface area contributed by atoms with Gasteiger partial charge in [0.15, 0.2) is 0 Å². The molecule has 0 heterocycles. The molecule has 10 heteroatoms. The summed E-state index contributed by atoms with van der Waals surface area (Å²) in [5, 5.41) is 0. The molecule has 0 bridgehead atoms. The Morgan fingerprint density at radius 3 is 0.967 bits per heavy atom. The number of rotatable bonds is 20. The minimum atomic E-state index is -2.63. The van der Waals surface area contributed by atoms with Crippen molar-refractivity contribution in [2.75, 3.05) is 13.2 Å². The van der Waals surface area contributed by atoms with Crippen molar-refractivity contribution in [3.05, 3.63) is 0 Å². The predicted molar refractivity (Wildman–Crippen MR) is 112 cm³/mol. The van der Waals surface area contributed by atoms with Crippen LogP contribution in [0.25, 0.3) is 0 Å². The van der Waals surface area contributed by atoms with Gasteiger partial charge in [-0.2, -0.15) is 0 Å². The molecule has 0 rings (SSSR count). The van der Waals surface area contributed by atoms with E-state index in [4.69, 9.17) is 0 Å². The zero-order valence-electron chi connectivity index (χ0n) is 20.1. The maximum atomic E-state index is 10.0. The van der Waals surface area contributed by atoms with Crippen LogP contribution in [0.4, 0.5) is 0 Å². The van der Waals surface area contributed by atoms with Gasteiger partial charge in [0.05, 0.1) is 0 Å². The summed E-state index contributed by atoms with van der Waals surface area (Å²) in [7, 11) is -5.27. The van der Waals surface area contributed by atoms with E-state index in [1.807, 2.05) is 0 Å². The van der Waals surface area contributed by atoms with Crippen LogP contribution in [-0.2, 0) is 18.2 Å². The van der Waals surface area contributed by atoms with Gasteiger partial charge in [-0.1, -0.05) is 104 Å². The first-order valence-corrected chi connectivity index (χ1v) is 13.3. The molecule has 30 heavy (non-hydrogen) atoms. The van der Waals surface area contributed by atoms with E-state index in [0.717, 1.165) is 25.7 Å². The zero-order chi connectivity index (χ0) is 21.3. The van der Waals surface area contributed by atoms with E-state index in [1.54, 1.807) is 0 Å². The number of hydrogen-bond donors (Lipinski definition) is 0. The first kappa shape index (κ1) is 41.3. The average Bonchev–Trinajstić information content (AvgIpc) is 2.65. The van der Waals surface area contributed by atoms with E-state index in [9.17, 15) is 18.9 Å². The summed E-state index contributed by atoms with van der Waals surface area (Å²) in [5.74, 6) is 0. The van der Waals surface area contributed by atoms with E-state index in [-0.39, 0.29) is 138 Å². The molecule has 0 aliphatic heterocycles. The van der Waals surface area contributed by atoms with Crippen molar-refractivity contribution in [3.63, 3.8) is 0 Å². The molecule has 0 saturated heterocycles. The molecule has 0 aromatic carbocycles. The van der Waals surface area contributed by atoms with E-state index < -0.39 is 16.5 Å². The summed E-state index contributed by atoms with van der Waals surface area (Å²) in [6.07, 6.45) is 19.3. The van der Waals surface area contributed by atoms with Gasteiger partial charge in [-0.15, -0.1) is 9.05 Å². The molecule has 0 fully saturated rings. The topological polar surface area (TPSA) is 98.7 Å². The van der Waals surface area contributed by atoms with Crippen LogP contribution in [-0.4, -0.2) is 13.2 Å². The third kappa shape index (κ3) is 45.6. The molecule has 0 saturated carbocycles. The second-order valence-corrected chi connectivity index (χ2v) is 8.47. The van der Waals surface area contributed by atoms with E-state index in [1.165, 1.54) is 77.0 Å². The molecule has 0 aliphatic rings. The monoisotopic (exact) mass is 706 g/mol. The van der Waals surface area contributed by atoms with Crippen LogP contribution < -0.4 is 148 Å². The largest absolute Gasteiger partial charge is 1.00 e. The molecular weight excluding hydrogens is 664 g/mol. The van der Waals surface area contributed by atoms with Crippen molar-refractivity contribution < 1.29 is 166 Å². The Morgan fingerprint density at radius 1 is 0.500 bits per heavy atom. The standard InChI is InChI=1S/2C10H21O3P.2Cs/c2*1-2-3-4-5-6-7-8-9-10-13-14(11)12;;/h2*2-10H2,1H3;;/q;;2*+1. The summed E-state index contributed by atoms with van der Waals surface area (Å²) in [5.41, 5.74) is 0. The summed E-state index contributed by atoms with van der Waals surface area (Å²) in [4.78, 5) is 20.0. The zero-order valence-corrected chi connectivity index (χ0v) is 34.4. The molecule has 0 aromatic heterocycles. The maximum Gasteiger partial charge on any atom is 1.00 e. The first-order chi connectivity index (χ1) is 13.5.